The first-order valence-electron chi connectivity index (χ1n) is 5.60. The number of halogens is 1. The Morgan fingerprint density at radius 1 is 1.28 bits per heavy atom. The van der Waals surface area contributed by atoms with Gasteiger partial charge in [-0.2, -0.15) is 9.98 Å². The Balaban J connectivity index is 3.09. The summed E-state index contributed by atoms with van der Waals surface area (Å²) in [6.07, 6.45) is 0.723. The van der Waals surface area contributed by atoms with Gasteiger partial charge in [0.25, 0.3) is 0 Å². The van der Waals surface area contributed by atoms with E-state index in [0.717, 1.165) is 12.1 Å². The lowest BCUT2D eigenvalue weighted by molar-refractivity contribution is 0.446. The van der Waals surface area contributed by atoms with Gasteiger partial charge in [0.05, 0.1) is 11.0 Å². The Bertz CT molecular complexity index is 542. The highest BCUT2D eigenvalue weighted by Gasteiger charge is 2.31. The Morgan fingerprint density at radius 3 is 2.17 bits per heavy atom. The highest BCUT2D eigenvalue weighted by Crippen LogP contribution is 2.19. The van der Waals surface area contributed by atoms with Gasteiger partial charge in [0, 0.05) is 0 Å². The smallest absolute Gasteiger partial charge is 0.207 e. The zero-order valence-corrected chi connectivity index (χ0v) is 11.1. The van der Waals surface area contributed by atoms with Crippen molar-refractivity contribution in [1.29, 1.82) is 5.26 Å². The normalized spacial score (nSPS) is 12.1. The van der Waals surface area contributed by atoms with E-state index in [2.05, 4.69) is 4.72 Å². The van der Waals surface area contributed by atoms with Crippen LogP contribution >= 0.6 is 0 Å². The minimum atomic E-state index is -3.81. The Labute approximate surface area is 106 Å². The first kappa shape index (κ1) is 14.6. The molecule has 0 radical (unpaired) electrons. The van der Waals surface area contributed by atoms with Crippen molar-refractivity contribution in [1.82, 2.24) is 4.72 Å². The molecule has 0 aliphatic rings. The van der Waals surface area contributed by atoms with Crippen molar-refractivity contribution < 1.29 is 12.8 Å². The molecule has 0 fully saturated rings. The summed E-state index contributed by atoms with van der Waals surface area (Å²) in [6, 6.07) is 6.47. The largest absolute Gasteiger partial charge is 0.241 e. The molecular formula is C12H15FN2O2S. The van der Waals surface area contributed by atoms with Crippen molar-refractivity contribution in [3.63, 3.8) is 0 Å². The average molecular weight is 270 g/mol. The predicted octanol–water partition coefficient (Wildman–Crippen LogP) is 2.19. The van der Waals surface area contributed by atoms with Crippen LogP contribution in [-0.2, 0) is 10.0 Å². The lowest BCUT2D eigenvalue weighted by Gasteiger charge is -2.24. The molecule has 0 saturated heterocycles. The third-order valence-electron chi connectivity index (χ3n) is 2.87. The van der Waals surface area contributed by atoms with Gasteiger partial charge in [0.15, 0.2) is 0 Å². The maximum atomic E-state index is 12.7. The lowest BCUT2D eigenvalue weighted by Crippen LogP contribution is -2.46. The molecule has 1 aromatic rings. The van der Waals surface area contributed by atoms with Crippen molar-refractivity contribution in [2.24, 2.45) is 0 Å². The first-order chi connectivity index (χ1) is 8.39. The van der Waals surface area contributed by atoms with Gasteiger partial charge in [-0.15, -0.1) is 0 Å². The molecule has 1 rings (SSSR count). The van der Waals surface area contributed by atoms with Crippen LogP contribution in [0.3, 0.4) is 0 Å². The molecule has 0 aliphatic heterocycles. The standard InChI is InChI=1S/C12H15FN2O2S/c1-3-12(4-2,9-14)15-18(16,17)11-7-5-10(13)6-8-11/h5-8,15H,3-4H2,1-2H3. The second kappa shape index (κ2) is 5.46. The molecule has 4 nitrogen and oxygen atoms in total. The minimum absolute atomic E-state index is 0.0505. The molecule has 6 heteroatoms. The summed E-state index contributed by atoms with van der Waals surface area (Å²) in [5, 5.41) is 9.09. The van der Waals surface area contributed by atoms with Gasteiger partial charge >= 0.3 is 0 Å². The van der Waals surface area contributed by atoms with Crippen LogP contribution in [0.25, 0.3) is 0 Å². The van der Waals surface area contributed by atoms with E-state index >= 15 is 0 Å². The molecule has 1 aromatic carbocycles. The Morgan fingerprint density at radius 2 is 1.78 bits per heavy atom. The van der Waals surface area contributed by atoms with Gasteiger partial charge in [-0.1, -0.05) is 13.8 Å². The second-order valence-corrected chi connectivity index (χ2v) is 5.64. The fraction of sp³-hybridized carbons (Fsp3) is 0.417. The van der Waals surface area contributed by atoms with E-state index in [-0.39, 0.29) is 4.90 Å². The molecule has 0 amide bonds. The van der Waals surface area contributed by atoms with E-state index in [4.69, 9.17) is 5.26 Å². The molecule has 98 valence electrons. The van der Waals surface area contributed by atoms with Crippen LogP contribution in [0, 0.1) is 17.1 Å². The number of rotatable bonds is 5. The maximum Gasteiger partial charge on any atom is 0.241 e. The van der Waals surface area contributed by atoms with Crippen molar-refractivity contribution in [3.05, 3.63) is 30.1 Å². The molecule has 0 bridgehead atoms. The maximum absolute atomic E-state index is 12.7. The summed E-state index contributed by atoms with van der Waals surface area (Å²) in [4.78, 5) is -0.0505. The first-order valence-corrected chi connectivity index (χ1v) is 7.08. The summed E-state index contributed by atoms with van der Waals surface area (Å²) in [5.74, 6) is -0.508. The summed E-state index contributed by atoms with van der Waals surface area (Å²) in [5.41, 5.74) is -1.12. The number of hydrogen-bond acceptors (Lipinski definition) is 3. The summed E-state index contributed by atoms with van der Waals surface area (Å²) in [7, 11) is -3.81. The Hall–Kier alpha value is -1.45. The van der Waals surface area contributed by atoms with Crippen LogP contribution in [0.4, 0.5) is 4.39 Å². The zero-order valence-electron chi connectivity index (χ0n) is 10.3. The average Bonchev–Trinajstić information content (AvgIpc) is 2.37. The third kappa shape index (κ3) is 3.06. The van der Waals surface area contributed by atoms with Gasteiger partial charge in [-0.25, -0.2) is 12.8 Å². The highest BCUT2D eigenvalue weighted by molar-refractivity contribution is 7.89. The lowest BCUT2D eigenvalue weighted by atomic mass is 9.97. The number of hydrogen-bond donors (Lipinski definition) is 1. The predicted molar refractivity (Wildman–Crippen MR) is 65.6 cm³/mol. The van der Waals surface area contributed by atoms with E-state index in [1.807, 2.05) is 6.07 Å². The summed E-state index contributed by atoms with van der Waals surface area (Å²) >= 11 is 0. The van der Waals surface area contributed by atoms with Crippen molar-refractivity contribution >= 4 is 10.0 Å². The molecule has 0 saturated carbocycles. The fourth-order valence-electron chi connectivity index (χ4n) is 1.51. The van der Waals surface area contributed by atoms with Gasteiger partial charge in [0.2, 0.25) is 10.0 Å². The fourth-order valence-corrected chi connectivity index (χ4v) is 2.97. The molecule has 0 heterocycles. The van der Waals surface area contributed by atoms with Crippen LogP contribution in [0.2, 0.25) is 0 Å². The second-order valence-electron chi connectivity index (χ2n) is 3.96. The van der Waals surface area contributed by atoms with Gasteiger partial charge in [0.1, 0.15) is 11.4 Å². The van der Waals surface area contributed by atoms with Crippen molar-refractivity contribution in [3.8, 4) is 6.07 Å². The monoisotopic (exact) mass is 270 g/mol. The van der Waals surface area contributed by atoms with E-state index in [0.29, 0.717) is 12.8 Å². The van der Waals surface area contributed by atoms with Gasteiger partial charge < -0.3 is 0 Å². The van der Waals surface area contributed by atoms with E-state index < -0.39 is 21.4 Å². The molecule has 0 atom stereocenters. The van der Waals surface area contributed by atoms with Crippen LogP contribution in [0.5, 0.6) is 0 Å². The molecule has 0 aliphatic carbocycles. The number of benzene rings is 1. The number of sulfonamides is 1. The third-order valence-corrected chi connectivity index (χ3v) is 4.43. The van der Waals surface area contributed by atoms with Crippen LogP contribution in [0.1, 0.15) is 26.7 Å². The molecular weight excluding hydrogens is 255 g/mol. The SMILES string of the molecule is CCC(C#N)(CC)NS(=O)(=O)c1ccc(F)cc1. The number of nitriles is 1. The van der Waals surface area contributed by atoms with Crippen LogP contribution in [0.15, 0.2) is 29.2 Å². The van der Waals surface area contributed by atoms with Crippen LogP contribution in [-0.4, -0.2) is 14.0 Å². The molecule has 1 N–H and O–H groups in total. The molecule has 0 aromatic heterocycles. The molecule has 18 heavy (non-hydrogen) atoms. The van der Waals surface area contributed by atoms with Gasteiger partial charge in [-0.3, -0.25) is 0 Å². The van der Waals surface area contributed by atoms with Crippen molar-refractivity contribution in [2.75, 3.05) is 0 Å². The van der Waals surface area contributed by atoms with Crippen molar-refractivity contribution in [2.45, 2.75) is 37.1 Å². The number of nitrogens with zero attached hydrogens (tertiary/aromatic N) is 1. The van der Waals surface area contributed by atoms with E-state index in [1.165, 1.54) is 12.1 Å². The minimum Gasteiger partial charge on any atom is -0.207 e. The molecule has 0 unspecified atom stereocenters. The topological polar surface area (TPSA) is 70.0 Å². The van der Waals surface area contributed by atoms with Gasteiger partial charge in [-0.05, 0) is 37.1 Å². The Kier molecular flexibility index (Phi) is 4.43. The quantitative estimate of drug-likeness (QED) is 0.891. The zero-order chi connectivity index (χ0) is 13.8. The number of nitrogens with one attached hydrogen (secondary N) is 1. The summed E-state index contributed by atoms with van der Waals surface area (Å²) in [6.45, 7) is 3.47. The van der Waals surface area contributed by atoms with Crippen LogP contribution < -0.4 is 4.72 Å². The van der Waals surface area contributed by atoms with E-state index in [9.17, 15) is 12.8 Å². The highest BCUT2D eigenvalue weighted by atomic mass is 32.2. The molecule has 0 spiro atoms. The van der Waals surface area contributed by atoms with E-state index in [1.54, 1.807) is 13.8 Å². The summed E-state index contributed by atoms with van der Waals surface area (Å²) < 4.78 is 39.2.